The predicted molar refractivity (Wildman–Crippen MR) is 188 cm³/mol. The molecule has 262 valence electrons. The van der Waals surface area contributed by atoms with Gasteiger partial charge in [-0.3, -0.25) is 9.69 Å². The highest BCUT2D eigenvalue weighted by atomic mass is 32.2. The number of hydrogen-bond donors (Lipinski definition) is 3. The van der Waals surface area contributed by atoms with Crippen molar-refractivity contribution >= 4 is 50.1 Å². The molecule has 0 bridgehead atoms. The molecule has 14 heteroatoms. The Morgan fingerprint density at radius 3 is 2.39 bits per heavy atom. The minimum atomic E-state index is -3.78. The van der Waals surface area contributed by atoms with Crippen molar-refractivity contribution in [3.05, 3.63) is 60.2 Å². The maximum Gasteiger partial charge on any atom is 0.410 e. The third-order valence-electron chi connectivity index (χ3n) is 8.49. The first-order valence-electron chi connectivity index (χ1n) is 16.2. The van der Waals surface area contributed by atoms with Crippen molar-refractivity contribution in [3.63, 3.8) is 0 Å². The predicted octanol–water partition coefficient (Wildman–Crippen LogP) is 6.27. The zero-order valence-corrected chi connectivity index (χ0v) is 29.9. The van der Waals surface area contributed by atoms with Crippen molar-refractivity contribution in [2.45, 2.75) is 83.5 Å². The Labute approximate surface area is 286 Å². The first-order valence-corrected chi connectivity index (χ1v) is 18.1. The van der Waals surface area contributed by atoms with E-state index in [4.69, 9.17) is 4.74 Å². The molecule has 5 rings (SSSR count). The number of benzene rings is 2. The molecule has 1 saturated heterocycles. The van der Waals surface area contributed by atoms with Gasteiger partial charge in [-0.1, -0.05) is 25.1 Å². The van der Waals surface area contributed by atoms with E-state index in [9.17, 15) is 18.0 Å². The van der Waals surface area contributed by atoms with Crippen LogP contribution in [0.25, 0.3) is 22.2 Å². The summed E-state index contributed by atoms with van der Waals surface area (Å²) in [4.78, 5) is 42.4. The molecule has 3 N–H and O–H groups in total. The van der Waals surface area contributed by atoms with Gasteiger partial charge in [0.05, 0.1) is 28.6 Å². The second-order valence-electron chi connectivity index (χ2n) is 13.6. The Bertz CT molecular complexity index is 1980. The van der Waals surface area contributed by atoms with Crippen LogP contribution in [0, 0.1) is 12.7 Å². The summed E-state index contributed by atoms with van der Waals surface area (Å²) < 4.78 is 44.7. The molecule has 2 amide bonds. The lowest BCUT2D eigenvalue weighted by atomic mass is 10.0. The molecule has 0 unspecified atom stereocenters. The second kappa shape index (κ2) is 13.7. The Hall–Kier alpha value is -4.56. The van der Waals surface area contributed by atoms with Gasteiger partial charge in [0.15, 0.2) is 15.7 Å². The first-order chi connectivity index (χ1) is 23.0. The lowest BCUT2D eigenvalue weighted by Gasteiger charge is -2.46. The highest BCUT2D eigenvalue weighted by molar-refractivity contribution is 7.90. The summed E-state index contributed by atoms with van der Waals surface area (Å²) in [6.07, 6.45) is 4.56. The third kappa shape index (κ3) is 7.70. The number of nitrogens with one attached hydrogen (secondary N) is 3. The number of carbonyl (C=O) groups excluding carboxylic acids is 2. The lowest BCUT2D eigenvalue weighted by Crippen LogP contribution is -2.62. The number of carbonyl (C=O) groups is 2. The average molecular weight is 694 g/mol. The standard InChI is InChI=1S/C35H44FN7O5S/c1-9-27(42-18-21(3)43(22(4)19-42)34(45)48-35(5,6)7)32(44)39-26-14-10-12-23-24(17-37-31(23)26)30-20(2)16-38-33(41-30)40-25-13-11-15-28(29(25)36)49(8,46)47/h10-17,21-22,27,37H,9,18-19H2,1-8H3,(H,39,44)(H,38,40,41)/t21-,22-,27-/m1/s1. The monoisotopic (exact) mass is 693 g/mol. The van der Waals surface area contributed by atoms with Crippen LogP contribution in [-0.4, -0.2) is 88.2 Å². The Balaban J connectivity index is 1.36. The zero-order valence-electron chi connectivity index (χ0n) is 29.1. The second-order valence-corrected chi connectivity index (χ2v) is 15.6. The topological polar surface area (TPSA) is 150 Å². The van der Waals surface area contributed by atoms with Crippen molar-refractivity contribution in [1.29, 1.82) is 0 Å². The van der Waals surface area contributed by atoms with Crippen molar-refractivity contribution in [2.75, 3.05) is 30.0 Å². The minimum Gasteiger partial charge on any atom is -0.444 e. The van der Waals surface area contributed by atoms with E-state index in [-0.39, 0.29) is 35.7 Å². The molecule has 12 nitrogen and oxygen atoms in total. The van der Waals surface area contributed by atoms with E-state index in [0.717, 1.165) is 22.8 Å². The number of hydrogen-bond acceptors (Lipinski definition) is 9. The van der Waals surface area contributed by atoms with Crippen molar-refractivity contribution < 1.29 is 27.1 Å². The number of ether oxygens (including phenoxy) is 1. The summed E-state index contributed by atoms with van der Waals surface area (Å²) in [5, 5.41) is 6.74. The van der Waals surface area contributed by atoms with Crippen LogP contribution >= 0.6 is 0 Å². The van der Waals surface area contributed by atoms with Crippen molar-refractivity contribution in [2.24, 2.45) is 0 Å². The van der Waals surface area contributed by atoms with Gasteiger partial charge in [-0.15, -0.1) is 0 Å². The maximum atomic E-state index is 15.0. The molecule has 49 heavy (non-hydrogen) atoms. The molecular weight excluding hydrogens is 649 g/mol. The average Bonchev–Trinajstić information content (AvgIpc) is 3.43. The van der Waals surface area contributed by atoms with Gasteiger partial charge >= 0.3 is 6.09 Å². The van der Waals surface area contributed by atoms with E-state index in [1.165, 1.54) is 18.2 Å². The molecular formula is C35H44FN7O5S. The number of piperazine rings is 1. The molecule has 2 aromatic heterocycles. The first kappa shape index (κ1) is 35.7. The van der Waals surface area contributed by atoms with Gasteiger partial charge in [-0.05, 0) is 71.7 Å². The molecule has 3 atom stereocenters. The molecule has 1 aliphatic rings. The maximum absolute atomic E-state index is 15.0. The third-order valence-corrected chi connectivity index (χ3v) is 9.61. The normalized spacial score (nSPS) is 17.9. The van der Waals surface area contributed by atoms with Crippen LogP contribution in [0.1, 0.15) is 53.5 Å². The molecule has 1 aliphatic heterocycles. The highest BCUT2D eigenvalue weighted by Crippen LogP contribution is 2.34. The lowest BCUT2D eigenvalue weighted by molar-refractivity contribution is -0.123. The fraction of sp³-hybridized carbons (Fsp3) is 0.429. The fourth-order valence-corrected chi connectivity index (χ4v) is 7.12. The van der Waals surface area contributed by atoms with Gasteiger partial charge in [-0.2, -0.15) is 0 Å². The van der Waals surface area contributed by atoms with E-state index in [1.807, 2.05) is 66.7 Å². The van der Waals surface area contributed by atoms with Crippen molar-refractivity contribution in [1.82, 2.24) is 24.8 Å². The van der Waals surface area contributed by atoms with Crippen LogP contribution in [-0.2, 0) is 19.4 Å². The van der Waals surface area contributed by atoms with Crippen molar-refractivity contribution in [3.8, 4) is 11.3 Å². The summed E-state index contributed by atoms with van der Waals surface area (Å²) in [5.41, 5.74) is 2.71. The van der Waals surface area contributed by atoms with Gasteiger partial charge < -0.3 is 25.3 Å². The number of H-pyrrole nitrogens is 1. The smallest absolute Gasteiger partial charge is 0.410 e. The van der Waals surface area contributed by atoms with E-state index >= 15 is 4.39 Å². The van der Waals surface area contributed by atoms with E-state index < -0.39 is 32.2 Å². The number of para-hydroxylation sites is 1. The molecule has 0 aliphatic carbocycles. The Morgan fingerprint density at radius 2 is 1.76 bits per heavy atom. The van der Waals surface area contributed by atoms with Crippen LogP contribution in [0.15, 0.2) is 53.7 Å². The molecule has 1 fully saturated rings. The van der Waals surface area contributed by atoms with Crippen LogP contribution in [0.4, 0.5) is 26.5 Å². The number of rotatable bonds is 8. The number of aromatic nitrogens is 3. The molecule has 0 saturated carbocycles. The zero-order chi connectivity index (χ0) is 35.8. The van der Waals surface area contributed by atoms with Gasteiger partial charge in [-0.25, -0.2) is 27.6 Å². The molecule has 0 radical (unpaired) electrons. The summed E-state index contributed by atoms with van der Waals surface area (Å²) in [7, 11) is -3.78. The number of anilines is 3. The van der Waals surface area contributed by atoms with E-state index in [1.54, 1.807) is 17.3 Å². The van der Waals surface area contributed by atoms with Crippen LogP contribution in [0.2, 0.25) is 0 Å². The summed E-state index contributed by atoms with van der Waals surface area (Å²) >= 11 is 0. The number of sulfone groups is 1. The number of fused-ring (bicyclic) bond motifs is 1. The fourth-order valence-electron chi connectivity index (χ4n) is 6.36. The minimum absolute atomic E-state index is 0.0674. The van der Waals surface area contributed by atoms with Crippen LogP contribution in [0.5, 0.6) is 0 Å². The quantitative estimate of drug-likeness (QED) is 0.194. The van der Waals surface area contributed by atoms with Gasteiger partial charge in [0, 0.05) is 54.8 Å². The number of amides is 2. The molecule has 3 heterocycles. The van der Waals surface area contributed by atoms with Crippen LogP contribution < -0.4 is 10.6 Å². The van der Waals surface area contributed by atoms with E-state index in [2.05, 4.69) is 30.5 Å². The van der Waals surface area contributed by atoms with Crippen LogP contribution in [0.3, 0.4) is 0 Å². The van der Waals surface area contributed by atoms with E-state index in [0.29, 0.717) is 36.4 Å². The Morgan fingerprint density at radius 1 is 1.10 bits per heavy atom. The largest absolute Gasteiger partial charge is 0.444 e. The summed E-state index contributed by atoms with van der Waals surface area (Å²) in [5.74, 6) is -0.980. The number of nitrogens with zero attached hydrogens (tertiary/aromatic N) is 4. The van der Waals surface area contributed by atoms with Gasteiger partial charge in [0.2, 0.25) is 11.9 Å². The number of aryl methyl sites for hydroxylation is 1. The highest BCUT2D eigenvalue weighted by Gasteiger charge is 2.39. The molecule has 4 aromatic rings. The summed E-state index contributed by atoms with van der Waals surface area (Å²) in [6, 6.07) is 8.94. The Kier molecular flexibility index (Phi) is 10.0. The molecule has 0 spiro atoms. The number of halogens is 1. The summed E-state index contributed by atoms with van der Waals surface area (Å²) in [6.45, 7) is 14.4. The molecule has 2 aromatic carbocycles. The van der Waals surface area contributed by atoms with Gasteiger partial charge in [0.25, 0.3) is 0 Å². The van der Waals surface area contributed by atoms with Gasteiger partial charge in [0.1, 0.15) is 10.5 Å². The number of aromatic amines is 1. The SMILES string of the molecule is CC[C@H](C(=O)Nc1cccc2c(-c3nc(Nc4cccc(S(C)(=O)=O)c4F)ncc3C)c[nH]c12)N1C[C@@H](C)N(C(=O)OC(C)(C)C)[C@H](C)C1.